The topological polar surface area (TPSA) is 151 Å². The molecule has 0 heterocycles. The quantitative estimate of drug-likeness (QED) is 0.543. The largest absolute Gasteiger partial charge is 0.477 e. The van der Waals surface area contributed by atoms with Gasteiger partial charge in [0.2, 0.25) is 0 Å². The summed E-state index contributed by atoms with van der Waals surface area (Å²) in [7, 11) is -15.9. The zero-order valence-corrected chi connectivity index (χ0v) is 10.6. The second-order valence-electron chi connectivity index (χ2n) is 3.21. The third-order valence-electron chi connectivity index (χ3n) is 1.87. The smallest absolute Gasteiger partial charge is 0.316 e. The monoisotopic (exact) mass is 296 g/mol. The normalized spacial score (nSPS) is 25.5. The van der Waals surface area contributed by atoms with Crippen molar-refractivity contribution in [2.75, 3.05) is 0 Å². The van der Waals surface area contributed by atoms with Crippen molar-refractivity contribution in [1.29, 1.82) is 0 Å². The molecule has 1 aliphatic rings. The van der Waals surface area contributed by atoms with E-state index in [9.17, 15) is 13.7 Å². The fourth-order valence-electron chi connectivity index (χ4n) is 0.915. The van der Waals surface area contributed by atoms with Crippen LogP contribution in [-0.4, -0.2) is 25.7 Å². The van der Waals surface area contributed by atoms with Crippen LogP contribution in [0.2, 0.25) is 0 Å². The van der Waals surface area contributed by atoms with Crippen LogP contribution in [0.3, 0.4) is 0 Å². The van der Waals surface area contributed by atoms with Gasteiger partial charge in [0.1, 0.15) is 0 Å². The Balaban J connectivity index is 2.75. The number of phosphoric acid groups is 1. The number of hydrogen-bond donors (Lipinski definition) is 4. The van der Waals surface area contributed by atoms with E-state index in [1.54, 1.807) is 0 Å². The molecule has 0 aromatic rings. The first kappa shape index (κ1) is 14.5. The van der Waals surface area contributed by atoms with E-state index >= 15 is 0 Å². The van der Waals surface area contributed by atoms with Crippen LogP contribution >= 0.6 is 22.4 Å². The standard InChI is InChI=1S/C4H11O9P3/c5-14(6,7)13-16(10,11)15(8,9)12-4-2-1-3-4/h4H,1-3H2,(H,8,9)(H,10,11)(H2,5,6,7). The molecule has 0 aliphatic heterocycles. The van der Waals surface area contributed by atoms with Gasteiger partial charge in [-0.1, -0.05) is 0 Å². The van der Waals surface area contributed by atoms with E-state index < -0.39 is 28.5 Å². The fraction of sp³-hybridized carbons (Fsp3) is 1.00. The van der Waals surface area contributed by atoms with Gasteiger partial charge in [-0.2, -0.15) is 4.31 Å². The Morgan fingerprint density at radius 2 is 1.44 bits per heavy atom. The Bertz CT molecular complexity index is 394. The third-order valence-corrected chi connectivity index (χ3v) is 7.64. The maximum absolute atomic E-state index is 11.3. The fourth-order valence-corrected chi connectivity index (χ4v) is 5.55. The summed E-state index contributed by atoms with van der Waals surface area (Å²) in [5, 5.41) is 0. The number of rotatable bonds is 5. The first-order valence-electron chi connectivity index (χ1n) is 4.15. The molecule has 1 aliphatic carbocycles. The first-order valence-corrected chi connectivity index (χ1v) is 9.54. The lowest BCUT2D eigenvalue weighted by Gasteiger charge is -2.28. The van der Waals surface area contributed by atoms with Gasteiger partial charge in [-0.3, -0.25) is 4.52 Å². The molecule has 0 amide bonds. The van der Waals surface area contributed by atoms with E-state index in [1.165, 1.54) is 0 Å². The molecule has 2 unspecified atom stereocenters. The van der Waals surface area contributed by atoms with Gasteiger partial charge in [0.25, 0.3) is 0 Å². The van der Waals surface area contributed by atoms with Crippen molar-refractivity contribution in [3.63, 3.8) is 0 Å². The zero-order chi connectivity index (χ0) is 12.6. The summed E-state index contributed by atoms with van der Waals surface area (Å²) in [5.41, 5.74) is 0. The van der Waals surface area contributed by atoms with Crippen LogP contribution in [0, 0.1) is 0 Å². The molecule has 0 aromatic heterocycles. The molecule has 0 radical (unpaired) electrons. The third kappa shape index (κ3) is 3.74. The minimum atomic E-state index is -5.42. The van der Waals surface area contributed by atoms with Crippen LogP contribution in [0.15, 0.2) is 0 Å². The maximum atomic E-state index is 11.3. The van der Waals surface area contributed by atoms with E-state index in [1.807, 2.05) is 0 Å². The van der Waals surface area contributed by atoms with Crippen molar-refractivity contribution >= 4 is 22.4 Å². The van der Waals surface area contributed by atoms with Crippen LogP contribution < -0.4 is 0 Å². The lowest BCUT2D eigenvalue weighted by Crippen LogP contribution is -2.20. The maximum Gasteiger partial charge on any atom is 0.477 e. The van der Waals surface area contributed by atoms with E-state index in [0.29, 0.717) is 12.8 Å². The molecule has 12 heteroatoms. The van der Waals surface area contributed by atoms with E-state index in [4.69, 9.17) is 19.6 Å². The van der Waals surface area contributed by atoms with Crippen LogP contribution in [0.5, 0.6) is 0 Å². The number of hydrogen-bond acceptors (Lipinski definition) is 5. The van der Waals surface area contributed by atoms with Crippen molar-refractivity contribution in [3.05, 3.63) is 0 Å². The Morgan fingerprint density at radius 1 is 0.938 bits per heavy atom. The van der Waals surface area contributed by atoms with Crippen molar-refractivity contribution in [2.24, 2.45) is 0 Å². The molecule has 2 atom stereocenters. The molecule has 0 spiro atoms. The average molecular weight is 296 g/mol. The molecule has 1 fully saturated rings. The lowest BCUT2D eigenvalue weighted by atomic mass is 9.97. The first-order chi connectivity index (χ1) is 7.04. The molecular formula is C4H11O9P3. The van der Waals surface area contributed by atoms with Gasteiger partial charge < -0.3 is 19.6 Å². The zero-order valence-electron chi connectivity index (χ0n) is 7.87. The highest BCUT2D eigenvalue weighted by molar-refractivity contribution is 8.27. The highest BCUT2D eigenvalue weighted by atomic mass is 32.1. The molecule has 0 bridgehead atoms. The van der Waals surface area contributed by atoms with Gasteiger partial charge in [0, 0.05) is 0 Å². The minimum Gasteiger partial charge on any atom is -0.316 e. The molecular weight excluding hydrogens is 285 g/mol. The summed E-state index contributed by atoms with van der Waals surface area (Å²) in [6.45, 7) is 0. The Labute approximate surface area is 90.6 Å². The molecule has 16 heavy (non-hydrogen) atoms. The summed E-state index contributed by atoms with van der Waals surface area (Å²) in [5.74, 6) is 0. The minimum absolute atomic E-state index is 0.445. The van der Waals surface area contributed by atoms with Crippen LogP contribution in [0.4, 0.5) is 0 Å². The van der Waals surface area contributed by atoms with Gasteiger partial charge in [-0.05, 0) is 19.3 Å². The highest BCUT2D eigenvalue weighted by Gasteiger charge is 2.51. The SMILES string of the molecule is O=P(O)(O)OP(=O)(O)P(=O)(O)OC1CCC1. The van der Waals surface area contributed by atoms with Gasteiger partial charge >= 0.3 is 22.4 Å². The van der Waals surface area contributed by atoms with Crippen molar-refractivity contribution in [2.45, 2.75) is 25.4 Å². The molecule has 9 nitrogen and oxygen atoms in total. The van der Waals surface area contributed by atoms with Crippen molar-refractivity contribution < 1.29 is 42.1 Å². The predicted molar refractivity (Wildman–Crippen MR) is 51.5 cm³/mol. The summed E-state index contributed by atoms with van der Waals surface area (Å²) >= 11 is 0. The average Bonchev–Trinajstić information content (AvgIpc) is 1.91. The van der Waals surface area contributed by atoms with Gasteiger partial charge in [0.15, 0.2) is 0 Å². The van der Waals surface area contributed by atoms with Gasteiger partial charge in [-0.15, -0.1) is 0 Å². The highest BCUT2D eigenvalue weighted by Crippen LogP contribution is 2.82. The molecule has 96 valence electrons. The van der Waals surface area contributed by atoms with Crippen LogP contribution in [-0.2, 0) is 22.5 Å². The van der Waals surface area contributed by atoms with E-state index in [2.05, 4.69) is 8.83 Å². The second-order valence-corrected chi connectivity index (χ2v) is 10.1. The Hall–Kier alpha value is 0.450. The predicted octanol–water partition coefficient (Wildman–Crippen LogP) is 0.951. The Kier molecular flexibility index (Phi) is 4.18. The summed E-state index contributed by atoms with van der Waals surface area (Å²) in [4.78, 5) is 34.6. The van der Waals surface area contributed by atoms with E-state index in [0.717, 1.165) is 6.42 Å². The molecule has 1 rings (SSSR count). The molecule has 0 aromatic carbocycles. The second kappa shape index (κ2) is 4.61. The van der Waals surface area contributed by atoms with Gasteiger partial charge in [0.05, 0.1) is 6.10 Å². The summed E-state index contributed by atoms with van der Waals surface area (Å²) in [6, 6.07) is 0. The molecule has 4 N–H and O–H groups in total. The lowest BCUT2D eigenvalue weighted by molar-refractivity contribution is 0.107. The van der Waals surface area contributed by atoms with Crippen molar-refractivity contribution in [3.8, 4) is 0 Å². The van der Waals surface area contributed by atoms with E-state index in [-0.39, 0.29) is 0 Å². The Morgan fingerprint density at radius 3 is 1.75 bits per heavy atom. The summed E-state index contributed by atoms with van der Waals surface area (Å²) in [6.07, 6.45) is 0.984. The summed E-state index contributed by atoms with van der Waals surface area (Å²) < 4.78 is 40.5. The molecule has 1 saturated carbocycles. The molecule has 0 saturated heterocycles. The van der Waals surface area contributed by atoms with Gasteiger partial charge in [-0.25, -0.2) is 13.7 Å². The van der Waals surface area contributed by atoms with Crippen molar-refractivity contribution in [1.82, 2.24) is 0 Å². The van der Waals surface area contributed by atoms with Crippen LogP contribution in [0.1, 0.15) is 19.3 Å². The van der Waals surface area contributed by atoms with Crippen LogP contribution in [0.25, 0.3) is 0 Å².